The average Bonchev–Trinajstić information content (AvgIpc) is 2.60. The molecule has 2 aliphatic rings. The summed E-state index contributed by atoms with van der Waals surface area (Å²) in [5.74, 6) is -1.13. The summed E-state index contributed by atoms with van der Waals surface area (Å²) in [4.78, 5) is 33.5. The lowest BCUT2D eigenvalue weighted by molar-refractivity contribution is -0.134. The second-order valence-electron chi connectivity index (χ2n) is 6.35. The van der Waals surface area contributed by atoms with Crippen LogP contribution in [0.25, 0.3) is 0 Å². The van der Waals surface area contributed by atoms with Crippen molar-refractivity contribution in [1.82, 2.24) is 10.2 Å². The summed E-state index contributed by atoms with van der Waals surface area (Å²) >= 11 is 5.85. The van der Waals surface area contributed by atoms with Gasteiger partial charge in [-0.25, -0.2) is 9.59 Å². The number of amides is 1. The Bertz CT molecular complexity index is 661. The summed E-state index contributed by atoms with van der Waals surface area (Å²) in [5.41, 5.74) is 0.743. The minimum atomic E-state index is -1.26. The fourth-order valence-electron chi connectivity index (χ4n) is 3.19. The first-order chi connectivity index (χ1) is 12.3. The standard InChI is InChI=1S/C14H17ClN2O.C4H4O4/c15-13-3-1-12(2-4-13)14(18)17-8-10-5-11(9-17)7-16-6-10;5-3(6)1-2-4(7)8/h1-4,10-11,16H,5-9H2;1-2H,(H,5,6)(H,7,8)/b;2-1+/t10-,11+;. The predicted molar refractivity (Wildman–Crippen MR) is 96.2 cm³/mol. The second-order valence-corrected chi connectivity index (χ2v) is 6.79. The number of benzene rings is 1. The molecule has 2 heterocycles. The Morgan fingerprint density at radius 3 is 1.96 bits per heavy atom. The van der Waals surface area contributed by atoms with E-state index in [2.05, 4.69) is 5.32 Å². The number of likely N-dealkylation sites (tertiary alicyclic amines) is 1. The molecule has 3 rings (SSSR count). The lowest BCUT2D eigenvalue weighted by atomic mass is 9.85. The molecule has 7 nitrogen and oxygen atoms in total. The highest BCUT2D eigenvalue weighted by atomic mass is 35.5. The second kappa shape index (κ2) is 9.35. The van der Waals surface area contributed by atoms with Crippen molar-refractivity contribution in [2.75, 3.05) is 26.2 Å². The number of nitrogens with one attached hydrogen (secondary N) is 1. The largest absolute Gasteiger partial charge is 0.478 e. The quantitative estimate of drug-likeness (QED) is 0.689. The highest BCUT2D eigenvalue weighted by molar-refractivity contribution is 6.30. The molecule has 26 heavy (non-hydrogen) atoms. The number of rotatable bonds is 3. The Labute approximate surface area is 156 Å². The first-order valence-corrected chi connectivity index (χ1v) is 8.62. The Morgan fingerprint density at radius 1 is 1.00 bits per heavy atom. The van der Waals surface area contributed by atoms with Gasteiger partial charge in [-0.05, 0) is 55.6 Å². The molecule has 0 spiro atoms. The van der Waals surface area contributed by atoms with Gasteiger partial charge in [-0.1, -0.05) is 11.6 Å². The summed E-state index contributed by atoms with van der Waals surface area (Å²) in [7, 11) is 0. The van der Waals surface area contributed by atoms with Crippen molar-refractivity contribution in [3.8, 4) is 0 Å². The van der Waals surface area contributed by atoms with Crippen LogP contribution in [-0.2, 0) is 9.59 Å². The van der Waals surface area contributed by atoms with Gasteiger partial charge in [-0.15, -0.1) is 0 Å². The normalized spacial score (nSPS) is 21.7. The van der Waals surface area contributed by atoms with Gasteiger partial charge in [0.25, 0.3) is 5.91 Å². The van der Waals surface area contributed by atoms with E-state index in [0.717, 1.165) is 31.7 Å². The fourth-order valence-corrected chi connectivity index (χ4v) is 3.32. The number of carbonyl (C=O) groups excluding carboxylic acids is 1. The van der Waals surface area contributed by atoms with Crippen molar-refractivity contribution in [2.45, 2.75) is 6.42 Å². The minimum Gasteiger partial charge on any atom is -0.478 e. The summed E-state index contributed by atoms with van der Waals surface area (Å²) in [5, 5.41) is 19.7. The van der Waals surface area contributed by atoms with Crippen LogP contribution in [0.5, 0.6) is 0 Å². The van der Waals surface area contributed by atoms with Crippen molar-refractivity contribution in [2.24, 2.45) is 11.8 Å². The predicted octanol–water partition coefficient (Wildman–Crippen LogP) is 1.73. The van der Waals surface area contributed by atoms with E-state index in [-0.39, 0.29) is 5.91 Å². The Kier molecular flexibility index (Phi) is 7.17. The topological polar surface area (TPSA) is 107 Å². The number of carbonyl (C=O) groups is 3. The van der Waals surface area contributed by atoms with Crippen LogP contribution in [-0.4, -0.2) is 59.1 Å². The molecule has 3 N–H and O–H groups in total. The first-order valence-electron chi connectivity index (χ1n) is 8.24. The third-order valence-electron chi connectivity index (χ3n) is 4.24. The number of piperidine rings is 2. The molecule has 0 aromatic heterocycles. The van der Waals surface area contributed by atoms with E-state index in [1.807, 2.05) is 17.0 Å². The van der Waals surface area contributed by atoms with E-state index in [9.17, 15) is 14.4 Å². The Hall–Kier alpha value is -2.38. The average molecular weight is 381 g/mol. The molecule has 2 aliphatic heterocycles. The molecule has 1 aromatic rings. The third-order valence-corrected chi connectivity index (χ3v) is 4.49. The van der Waals surface area contributed by atoms with Gasteiger partial charge in [-0.2, -0.15) is 0 Å². The molecule has 0 aliphatic carbocycles. The van der Waals surface area contributed by atoms with Gasteiger partial charge in [0.15, 0.2) is 0 Å². The summed E-state index contributed by atoms with van der Waals surface area (Å²) in [6.07, 6.45) is 2.38. The van der Waals surface area contributed by atoms with Crippen LogP contribution in [0.3, 0.4) is 0 Å². The van der Waals surface area contributed by atoms with Gasteiger partial charge in [0.05, 0.1) is 0 Å². The van der Waals surface area contributed by atoms with Crippen LogP contribution in [0.4, 0.5) is 0 Å². The van der Waals surface area contributed by atoms with Gasteiger partial charge < -0.3 is 20.4 Å². The van der Waals surface area contributed by atoms with Gasteiger partial charge >= 0.3 is 11.9 Å². The molecule has 0 saturated carbocycles. The van der Waals surface area contributed by atoms with Crippen LogP contribution in [0.2, 0.25) is 5.02 Å². The van der Waals surface area contributed by atoms with Crippen LogP contribution >= 0.6 is 11.6 Å². The summed E-state index contributed by atoms with van der Waals surface area (Å²) in [6, 6.07) is 7.18. The zero-order chi connectivity index (χ0) is 19.1. The van der Waals surface area contributed by atoms with Crippen LogP contribution in [0, 0.1) is 11.8 Å². The zero-order valence-corrected chi connectivity index (χ0v) is 14.9. The van der Waals surface area contributed by atoms with Crippen molar-refractivity contribution in [1.29, 1.82) is 0 Å². The monoisotopic (exact) mass is 380 g/mol. The molecule has 2 fully saturated rings. The maximum Gasteiger partial charge on any atom is 0.328 e. The van der Waals surface area contributed by atoms with Gasteiger partial charge in [0.1, 0.15) is 0 Å². The lowest BCUT2D eigenvalue weighted by Crippen LogP contribution is -2.52. The maximum atomic E-state index is 12.4. The molecule has 1 amide bonds. The van der Waals surface area contributed by atoms with Crippen LogP contribution < -0.4 is 5.32 Å². The van der Waals surface area contributed by atoms with Crippen molar-refractivity contribution >= 4 is 29.4 Å². The van der Waals surface area contributed by atoms with E-state index >= 15 is 0 Å². The molecule has 1 aromatic carbocycles. The van der Waals surface area contributed by atoms with E-state index < -0.39 is 11.9 Å². The van der Waals surface area contributed by atoms with E-state index in [4.69, 9.17) is 21.8 Å². The number of nitrogens with zero attached hydrogens (tertiary/aromatic N) is 1. The number of halogens is 1. The van der Waals surface area contributed by atoms with E-state index in [0.29, 0.717) is 29.0 Å². The molecular weight excluding hydrogens is 360 g/mol. The molecule has 0 unspecified atom stereocenters. The molecular formula is C18H21ClN2O5. The van der Waals surface area contributed by atoms with Gasteiger partial charge in [0.2, 0.25) is 0 Å². The van der Waals surface area contributed by atoms with E-state index in [1.54, 1.807) is 12.1 Å². The highest BCUT2D eigenvalue weighted by Crippen LogP contribution is 2.25. The van der Waals surface area contributed by atoms with Crippen molar-refractivity contribution in [3.63, 3.8) is 0 Å². The van der Waals surface area contributed by atoms with Crippen molar-refractivity contribution in [3.05, 3.63) is 47.0 Å². The molecule has 0 radical (unpaired) electrons. The third kappa shape index (κ3) is 6.16. The lowest BCUT2D eigenvalue weighted by Gasteiger charge is -2.41. The number of hydrogen-bond acceptors (Lipinski definition) is 4. The first kappa shape index (κ1) is 19.9. The number of carboxylic acid groups (broad SMARTS) is 2. The SMILES string of the molecule is O=C(O)/C=C/C(=O)O.O=C(c1ccc(Cl)cc1)N1C[C@@H]2CNC[C@@H](C2)C1. The maximum absolute atomic E-state index is 12.4. The van der Waals surface area contributed by atoms with Crippen molar-refractivity contribution < 1.29 is 24.6 Å². The fraction of sp³-hybridized carbons (Fsp3) is 0.389. The number of fused-ring (bicyclic) bond motifs is 2. The Balaban J connectivity index is 0.000000260. The van der Waals surface area contributed by atoms with Crippen LogP contribution in [0.1, 0.15) is 16.8 Å². The molecule has 2 saturated heterocycles. The summed E-state index contributed by atoms with van der Waals surface area (Å²) < 4.78 is 0. The van der Waals surface area contributed by atoms with E-state index in [1.165, 1.54) is 6.42 Å². The number of aliphatic carboxylic acids is 2. The molecule has 8 heteroatoms. The molecule has 2 atom stereocenters. The highest BCUT2D eigenvalue weighted by Gasteiger charge is 2.32. The van der Waals surface area contributed by atoms with Crippen LogP contribution in [0.15, 0.2) is 36.4 Å². The minimum absolute atomic E-state index is 0.142. The molecule has 140 valence electrons. The van der Waals surface area contributed by atoms with Gasteiger partial charge in [0, 0.05) is 35.8 Å². The molecule has 2 bridgehead atoms. The van der Waals surface area contributed by atoms with Gasteiger partial charge in [-0.3, -0.25) is 4.79 Å². The number of carboxylic acids is 2. The summed E-state index contributed by atoms with van der Waals surface area (Å²) in [6.45, 7) is 3.84. The Morgan fingerprint density at radius 2 is 1.50 bits per heavy atom. The smallest absolute Gasteiger partial charge is 0.328 e. The number of hydrogen-bond donors (Lipinski definition) is 3. The zero-order valence-electron chi connectivity index (χ0n) is 14.1.